The topological polar surface area (TPSA) is 53.5 Å². The molecule has 4 heterocycles. The Hall–Kier alpha value is -7.59. The molecule has 0 atom stereocenters. The molecule has 0 fully saturated rings. The van der Waals surface area contributed by atoms with Crippen LogP contribution in [0.5, 0.6) is 0 Å². The van der Waals surface area contributed by atoms with Crippen LogP contribution in [-0.2, 0) is 19.6 Å². The number of hydrogen-bond acceptors (Lipinski definition) is 3. The standard InChI is InChI=1S/C63H60N6/c1-4-7-10-19-40-67-55-25-16-13-22-49(55)52-43-46(28-34-58(52)67)31-37-61-64-62(38-32-47-29-35-59-53(44-47)50-23-14-17-26-56(50)68(59)41-20-11-8-5-2)66-63(65-61)39-33-48-30-36-60-54(45-48)51-24-15-18-27-57(51)69(60)42-21-12-9-6-3/h13-18,22-30,34-36,43-45H,4-12,19-21,40-42H2,1-3H3. The Morgan fingerprint density at radius 1 is 0.304 bits per heavy atom. The molecule has 10 aromatic rings. The lowest BCUT2D eigenvalue weighted by Gasteiger charge is -2.07. The molecule has 0 saturated carbocycles. The molecule has 0 unspecified atom stereocenters. The fourth-order valence-electron chi connectivity index (χ4n) is 10.1. The lowest BCUT2D eigenvalue weighted by atomic mass is 10.1. The smallest absolute Gasteiger partial charge is 0.210 e. The number of rotatable bonds is 15. The number of hydrogen-bond donors (Lipinski definition) is 0. The minimum atomic E-state index is 0.334. The van der Waals surface area contributed by atoms with Gasteiger partial charge in [0.25, 0.3) is 0 Å². The van der Waals surface area contributed by atoms with Gasteiger partial charge in [0.15, 0.2) is 0 Å². The summed E-state index contributed by atoms with van der Waals surface area (Å²) < 4.78 is 7.40. The van der Waals surface area contributed by atoms with Crippen LogP contribution in [-0.4, -0.2) is 28.7 Å². The minimum absolute atomic E-state index is 0.334. The molecule has 4 aromatic heterocycles. The first-order valence-electron chi connectivity index (χ1n) is 25.4. The van der Waals surface area contributed by atoms with Gasteiger partial charge in [0, 0.05) is 102 Å². The van der Waals surface area contributed by atoms with Crippen molar-refractivity contribution in [3.05, 3.63) is 162 Å². The van der Waals surface area contributed by atoms with E-state index < -0.39 is 0 Å². The van der Waals surface area contributed by atoms with Crippen LogP contribution >= 0.6 is 0 Å². The molecular weight excluding hydrogens is 841 g/mol. The highest BCUT2D eigenvalue weighted by Gasteiger charge is 2.14. The van der Waals surface area contributed by atoms with E-state index in [0.717, 1.165) is 55.6 Å². The first-order chi connectivity index (χ1) is 34.1. The fraction of sp³-hybridized carbons (Fsp3) is 0.286. The molecule has 342 valence electrons. The Bertz CT molecular complexity index is 3280. The molecule has 0 aliphatic heterocycles. The van der Waals surface area contributed by atoms with E-state index in [2.05, 4.69) is 197 Å². The van der Waals surface area contributed by atoms with Crippen LogP contribution in [0.3, 0.4) is 0 Å². The molecule has 6 heteroatoms. The van der Waals surface area contributed by atoms with E-state index in [1.807, 2.05) is 0 Å². The highest BCUT2D eigenvalue weighted by Crippen LogP contribution is 2.33. The van der Waals surface area contributed by atoms with Crippen molar-refractivity contribution in [1.82, 2.24) is 28.7 Å². The van der Waals surface area contributed by atoms with Crippen LogP contribution in [0.4, 0.5) is 0 Å². The van der Waals surface area contributed by atoms with Gasteiger partial charge in [0.1, 0.15) is 0 Å². The van der Waals surface area contributed by atoms with Crippen LogP contribution in [0, 0.1) is 35.5 Å². The summed E-state index contributed by atoms with van der Waals surface area (Å²) in [4.78, 5) is 14.4. The molecule has 0 N–H and O–H groups in total. The van der Waals surface area contributed by atoms with E-state index in [1.54, 1.807) is 0 Å². The van der Waals surface area contributed by atoms with Crippen LogP contribution in [0.1, 0.15) is 132 Å². The Kier molecular flexibility index (Phi) is 13.9. The van der Waals surface area contributed by atoms with Crippen molar-refractivity contribution < 1.29 is 0 Å². The summed E-state index contributed by atoms with van der Waals surface area (Å²) in [7, 11) is 0. The number of fused-ring (bicyclic) bond motifs is 9. The molecule has 10 rings (SSSR count). The quantitative estimate of drug-likeness (QED) is 0.0761. The summed E-state index contributed by atoms with van der Waals surface area (Å²) in [5, 5.41) is 7.34. The third-order valence-electron chi connectivity index (χ3n) is 13.6. The monoisotopic (exact) mass is 900 g/mol. The van der Waals surface area contributed by atoms with Crippen LogP contribution in [0.15, 0.2) is 127 Å². The maximum Gasteiger partial charge on any atom is 0.210 e. The highest BCUT2D eigenvalue weighted by atomic mass is 15.0. The number of unbranched alkanes of at least 4 members (excludes halogenated alkanes) is 9. The van der Waals surface area contributed by atoms with Gasteiger partial charge in [0.2, 0.25) is 17.5 Å². The van der Waals surface area contributed by atoms with Crippen LogP contribution in [0.2, 0.25) is 0 Å². The maximum atomic E-state index is 4.81. The van der Waals surface area contributed by atoms with Gasteiger partial charge in [-0.05, 0) is 110 Å². The molecule has 0 aliphatic carbocycles. The number of para-hydroxylation sites is 3. The summed E-state index contributed by atoms with van der Waals surface area (Å²) in [5.74, 6) is 21.1. The molecule has 69 heavy (non-hydrogen) atoms. The van der Waals surface area contributed by atoms with Gasteiger partial charge < -0.3 is 13.7 Å². The zero-order chi connectivity index (χ0) is 46.9. The first kappa shape index (κ1) is 45.2. The van der Waals surface area contributed by atoms with E-state index in [9.17, 15) is 0 Å². The molecule has 0 spiro atoms. The van der Waals surface area contributed by atoms with Crippen molar-refractivity contribution in [2.24, 2.45) is 0 Å². The van der Waals surface area contributed by atoms with Crippen molar-refractivity contribution in [2.75, 3.05) is 0 Å². The van der Waals surface area contributed by atoms with Gasteiger partial charge in [-0.15, -0.1) is 0 Å². The third-order valence-corrected chi connectivity index (χ3v) is 13.6. The Balaban J connectivity index is 1.01. The Labute approximate surface area is 406 Å². The second-order valence-electron chi connectivity index (χ2n) is 18.4. The highest BCUT2D eigenvalue weighted by molar-refractivity contribution is 6.10. The van der Waals surface area contributed by atoms with Crippen LogP contribution in [0.25, 0.3) is 65.4 Å². The maximum absolute atomic E-state index is 4.81. The Morgan fingerprint density at radius 2 is 0.594 bits per heavy atom. The third kappa shape index (κ3) is 9.75. The molecule has 6 nitrogen and oxygen atoms in total. The second kappa shape index (κ2) is 21.1. The lowest BCUT2D eigenvalue weighted by molar-refractivity contribution is 0.602. The van der Waals surface area contributed by atoms with Gasteiger partial charge in [-0.25, -0.2) is 0 Å². The van der Waals surface area contributed by atoms with Gasteiger partial charge in [-0.1, -0.05) is 151 Å². The van der Waals surface area contributed by atoms with Crippen molar-refractivity contribution in [3.63, 3.8) is 0 Å². The predicted molar refractivity (Wildman–Crippen MR) is 289 cm³/mol. The van der Waals surface area contributed by atoms with E-state index in [1.165, 1.54) is 123 Å². The molecule has 0 aliphatic rings. The van der Waals surface area contributed by atoms with Crippen LogP contribution < -0.4 is 0 Å². The molecule has 0 radical (unpaired) electrons. The summed E-state index contributed by atoms with van der Waals surface area (Å²) in [6.07, 6.45) is 14.6. The zero-order valence-corrected chi connectivity index (χ0v) is 40.4. The fourth-order valence-corrected chi connectivity index (χ4v) is 10.1. The normalized spacial score (nSPS) is 11.3. The number of aromatic nitrogens is 6. The number of benzene rings is 6. The lowest BCUT2D eigenvalue weighted by Crippen LogP contribution is -2.01. The van der Waals surface area contributed by atoms with Gasteiger partial charge >= 0.3 is 0 Å². The van der Waals surface area contributed by atoms with Crippen molar-refractivity contribution >= 4 is 65.4 Å². The molecular formula is C63H60N6. The minimum Gasteiger partial charge on any atom is -0.340 e. The molecule has 0 amide bonds. The molecule has 0 bridgehead atoms. The van der Waals surface area contributed by atoms with Crippen molar-refractivity contribution in [3.8, 4) is 35.5 Å². The molecule has 0 saturated heterocycles. The van der Waals surface area contributed by atoms with E-state index in [-0.39, 0.29) is 0 Å². The summed E-state index contributed by atoms with van der Waals surface area (Å²) in [5.41, 5.74) is 10.2. The summed E-state index contributed by atoms with van der Waals surface area (Å²) >= 11 is 0. The Morgan fingerprint density at radius 3 is 0.899 bits per heavy atom. The van der Waals surface area contributed by atoms with Crippen molar-refractivity contribution in [1.29, 1.82) is 0 Å². The largest absolute Gasteiger partial charge is 0.340 e. The van der Waals surface area contributed by atoms with Gasteiger partial charge in [-0.3, -0.25) is 0 Å². The number of nitrogens with zero attached hydrogens (tertiary/aromatic N) is 6. The second-order valence-corrected chi connectivity index (χ2v) is 18.4. The SMILES string of the molecule is CCCCCCn1c2ccccc2c2cc(C#Cc3nc(C#Cc4ccc5c(c4)c4ccccc4n5CCCCCC)nc(C#Cc4ccc5c(c4)c4ccccc4n5CCCCCC)n3)ccc21. The molecule has 6 aromatic carbocycles. The summed E-state index contributed by atoms with van der Waals surface area (Å²) in [6, 6.07) is 45.7. The summed E-state index contributed by atoms with van der Waals surface area (Å²) in [6.45, 7) is 9.78. The van der Waals surface area contributed by atoms with Crippen molar-refractivity contribution in [2.45, 2.75) is 117 Å². The van der Waals surface area contributed by atoms with Gasteiger partial charge in [0.05, 0.1) is 0 Å². The average Bonchev–Trinajstić information content (AvgIpc) is 4.00. The van der Waals surface area contributed by atoms with E-state index in [4.69, 9.17) is 15.0 Å². The predicted octanol–water partition coefficient (Wildman–Crippen LogP) is 15.1. The zero-order valence-electron chi connectivity index (χ0n) is 40.4. The van der Waals surface area contributed by atoms with E-state index in [0.29, 0.717) is 17.5 Å². The average molecular weight is 901 g/mol. The van der Waals surface area contributed by atoms with Gasteiger partial charge in [-0.2, -0.15) is 15.0 Å². The van der Waals surface area contributed by atoms with E-state index >= 15 is 0 Å². The first-order valence-corrected chi connectivity index (χ1v) is 25.4. The number of aryl methyl sites for hydroxylation is 3.